The average Bonchev–Trinajstić information content (AvgIpc) is 3.11. The number of amides is 1. The number of ether oxygens (including phenoxy) is 1. The molecule has 3 atom stereocenters. The topological polar surface area (TPSA) is 41.6 Å². The van der Waals surface area contributed by atoms with Crippen molar-refractivity contribution in [2.45, 2.75) is 63.6 Å². The fraction of sp³-hybridized carbons (Fsp3) is 0.632. The Balaban J connectivity index is 1.56. The van der Waals surface area contributed by atoms with E-state index >= 15 is 0 Å². The fourth-order valence-corrected chi connectivity index (χ4v) is 3.86. The molecule has 1 aromatic carbocycles. The van der Waals surface area contributed by atoms with Crippen LogP contribution in [0.5, 0.6) is 5.75 Å². The summed E-state index contributed by atoms with van der Waals surface area (Å²) in [6.45, 7) is 4.05. The van der Waals surface area contributed by atoms with E-state index in [1.807, 2.05) is 0 Å². The summed E-state index contributed by atoms with van der Waals surface area (Å²) in [6.07, 6.45) is 6.56. The molecule has 132 valence electrons. The van der Waals surface area contributed by atoms with Gasteiger partial charge in [-0.2, -0.15) is 0 Å². The second-order valence-corrected chi connectivity index (χ2v) is 6.92. The lowest BCUT2D eigenvalue weighted by Gasteiger charge is -2.38. The van der Waals surface area contributed by atoms with Crippen LogP contribution in [0.25, 0.3) is 0 Å². The van der Waals surface area contributed by atoms with Gasteiger partial charge in [0.05, 0.1) is 0 Å². The third kappa shape index (κ3) is 4.26. The van der Waals surface area contributed by atoms with Crippen LogP contribution in [-0.4, -0.2) is 42.1 Å². The standard InChI is InChI=1S/C19H27FN2O2/c1-14(24-16-10-8-15(20)9-11-16)19(23)21-17-6-2-3-7-18(17)22-12-4-5-13-22/h8-11,14,17-18H,2-7,12-13H2,1H3,(H,21,23). The molecule has 1 saturated carbocycles. The first-order valence-electron chi connectivity index (χ1n) is 9.10. The van der Waals surface area contributed by atoms with Gasteiger partial charge in [-0.15, -0.1) is 0 Å². The number of benzene rings is 1. The molecular formula is C19H27FN2O2. The first kappa shape index (κ1) is 17.2. The van der Waals surface area contributed by atoms with Crippen molar-refractivity contribution in [1.29, 1.82) is 0 Å². The summed E-state index contributed by atoms with van der Waals surface area (Å²) in [5, 5.41) is 3.20. The lowest BCUT2D eigenvalue weighted by Crippen LogP contribution is -2.54. The molecule has 1 saturated heterocycles. The molecule has 1 aromatic rings. The minimum atomic E-state index is -0.586. The molecule has 3 rings (SSSR count). The van der Waals surface area contributed by atoms with Crippen LogP contribution in [0.4, 0.5) is 4.39 Å². The van der Waals surface area contributed by atoms with Crippen molar-refractivity contribution in [3.63, 3.8) is 0 Å². The van der Waals surface area contributed by atoms with Gasteiger partial charge >= 0.3 is 0 Å². The Morgan fingerprint density at radius 3 is 2.54 bits per heavy atom. The van der Waals surface area contributed by atoms with E-state index in [4.69, 9.17) is 4.74 Å². The van der Waals surface area contributed by atoms with Crippen molar-refractivity contribution in [1.82, 2.24) is 10.2 Å². The van der Waals surface area contributed by atoms with E-state index in [9.17, 15) is 9.18 Å². The van der Waals surface area contributed by atoms with Crippen molar-refractivity contribution < 1.29 is 13.9 Å². The van der Waals surface area contributed by atoms with Crippen LogP contribution in [0.15, 0.2) is 24.3 Å². The smallest absolute Gasteiger partial charge is 0.261 e. The van der Waals surface area contributed by atoms with Gasteiger partial charge < -0.3 is 10.1 Å². The second kappa shape index (κ2) is 7.97. The maximum Gasteiger partial charge on any atom is 0.261 e. The highest BCUT2D eigenvalue weighted by Crippen LogP contribution is 2.26. The summed E-state index contributed by atoms with van der Waals surface area (Å²) in [6, 6.07) is 6.45. The van der Waals surface area contributed by atoms with Gasteiger partial charge in [-0.25, -0.2) is 4.39 Å². The molecule has 5 heteroatoms. The molecule has 1 aliphatic carbocycles. The second-order valence-electron chi connectivity index (χ2n) is 6.92. The Morgan fingerprint density at radius 1 is 1.17 bits per heavy atom. The molecular weight excluding hydrogens is 307 g/mol. The quantitative estimate of drug-likeness (QED) is 0.899. The van der Waals surface area contributed by atoms with E-state index in [1.165, 1.54) is 37.8 Å². The zero-order chi connectivity index (χ0) is 16.9. The first-order chi connectivity index (χ1) is 11.6. The maximum absolute atomic E-state index is 12.9. The summed E-state index contributed by atoms with van der Waals surface area (Å²) >= 11 is 0. The van der Waals surface area contributed by atoms with Crippen LogP contribution in [0, 0.1) is 5.82 Å². The van der Waals surface area contributed by atoms with Gasteiger partial charge in [0.25, 0.3) is 5.91 Å². The lowest BCUT2D eigenvalue weighted by molar-refractivity contribution is -0.128. The molecule has 0 radical (unpaired) electrons. The van der Waals surface area contributed by atoms with Crippen molar-refractivity contribution in [3.05, 3.63) is 30.1 Å². The number of nitrogens with one attached hydrogen (secondary N) is 1. The molecule has 24 heavy (non-hydrogen) atoms. The maximum atomic E-state index is 12.9. The molecule has 1 amide bonds. The summed E-state index contributed by atoms with van der Waals surface area (Å²) < 4.78 is 18.6. The summed E-state index contributed by atoms with van der Waals surface area (Å²) in [4.78, 5) is 15.1. The minimum absolute atomic E-state index is 0.0876. The van der Waals surface area contributed by atoms with E-state index in [2.05, 4.69) is 10.2 Å². The van der Waals surface area contributed by atoms with Crippen LogP contribution < -0.4 is 10.1 Å². The van der Waals surface area contributed by atoms with Crippen LogP contribution in [0.2, 0.25) is 0 Å². The van der Waals surface area contributed by atoms with Gasteiger partial charge in [-0.05, 0) is 70.0 Å². The van der Waals surface area contributed by atoms with Gasteiger partial charge in [0.2, 0.25) is 0 Å². The zero-order valence-electron chi connectivity index (χ0n) is 14.3. The van der Waals surface area contributed by atoms with E-state index in [0.29, 0.717) is 11.8 Å². The lowest BCUT2D eigenvalue weighted by atomic mass is 9.89. The fourth-order valence-electron chi connectivity index (χ4n) is 3.86. The molecule has 2 fully saturated rings. The molecule has 3 unspecified atom stereocenters. The predicted octanol–water partition coefficient (Wildman–Crippen LogP) is 3.12. The van der Waals surface area contributed by atoms with Crippen molar-refractivity contribution in [3.8, 4) is 5.75 Å². The van der Waals surface area contributed by atoms with E-state index < -0.39 is 6.10 Å². The Labute approximate surface area is 143 Å². The minimum Gasteiger partial charge on any atom is -0.481 e. The van der Waals surface area contributed by atoms with Crippen molar-refractivity contribution in [2.75, 3.05) is 13.1 Å². The summed E-state index contributed by atoms with van der Waals surface area (Å²) in [5.74, 6) is 0.115. The number of likely N-dealkylation sites (tertiary alicyclic amines) is 1. The van der Waals surface area contributed by atoms with Crippen LogP contribution >= 0.6 is 0 Å². The van der Waals surface area contributed by atoms with Crippen LogP contribution in [0.1, 0.15) is 45.4 Å². The number of nitrogens with zero attached hydrogens (tertiary/aromatic N) is 1. The molecule has 1 aliphatic heterocycles. The normalized spacial score (nSPS) is 26.1. The Morgan fingerprint density at radius 2 is 1.83 bits per heavy atom. The highest BCUT2D eigenvalue weighted by Gasteiger charge is 2.33. The van der Waals surface area contributed by atoms with Gasteiger partial charge in [0.15, 0.2) is 6.10 Å². The predicted molar refractivity (Wildman–Crippen MR) is 91.5 cm³/mol. The van der Waals surface area contributed by atoms with Crippen LogP contribution in [0.3, 0.4) is 0 Å². The molecule has 2 aliphatic rings. The van der Waals surface area contributed by atoms with E-state index in [-0.39, 0.29) is 17.8 Å². The number of rotatable bonds is 5. The van der Waals surface area contributed by atoms with E-state index in [1.54, 1.807) is 19.1 Å². The largest absolute Gasteiger partial charge is 0.481 e. The SMILES string of the molecule is CC(Oc1ccc(F)cc1)C(=O)NC1CCCCC1N1CCCC1. The third-order valence-corrected chi connectivity index (χ3v) is 5.16. The van der Waals surface area contributed by atoms with Gasteiger partial charge in [-0.3, -0.25) is 9.69 Å². The number of carbonyl (C=O) groups excluding carboxylic acids is 1. The number of halogens is 1. The Kier molecular flexibility index (Phi) is 5.72. The monoisotopic (exact) mass is 334 g/mol. The number of hydrogen-bond acceptors (Lipinski definition) is 3. The van der Waals surface area contributed by atoms with Gasteiger partial charge in [0, 0.05) is 12.1 Å². The number of carbonyl (C=O) groups is 1. The van der Waals surface area contributed by atoms with Crippen molar-refractivity contribution in [2.24, 2.45) is 0 Å². The number of hydrogen-bond donors (Lipinski definition) is 1. The van der Waals surface area contributed by atoms with Gasteiger partial charge in [-0.1, -0.05) is 12.8 Å². The summed E-state index contributed by atoms with van der Waals surface area (Å²) in [5.41, 5.74) is 0. The van der Waals surface area contributed by atoms with E-state index in [0.717, 1.165) is 25.9 Å². The highest BCUT2D eigenvalue weighted by atomic mass is 19.1. The van der Waals surface area contributed by atoms with Gasteiger partial charge in [0.1, 0.15) is 11.6 Å². The molecule has 4 nitrogen and oxygen atoms in total. The molecule has 0 bridgehead atoms. The van der Waals surface area contributed by atoms with Crippen LogP contribution in [-0.2, 0) is 4.79 Å². The summed E-state index contributed by atoms with van der Waals surface area (Å²) in [7, 11) is 0. The third-order valence-electron chi connectivity index (χ3n) is 5.16. The first-order valence-corrected chi connectivity index (χ1v) is 9.10. The molecule has 1 N–H and O–H groups in total. The molecule has 0 spiro atoms. The Hall–Kier alpha value is -1.62. The average molecular weight is 334 g/mol. The molecule has 0 aromatic heterocycles. The Bertz CT molecular complexity index is 543. The highest BCUT2D eigenvalue weighted by molar-refractivity contribution is 5.81. The molecule has 1 heterocycles. The zero-order valence-corrected chi connectivity index (χ0v) is 14.3. The van der Waals surface area contributed by atoms with Crippen molar-refractivity contribution >= 4 is 5.91 Å².